The summed E-state index contributed by atoms with van der Waals surface area (Å²) >= 11 is 0. The molecular weight excluding hydrogens is 172 g/mol. The van der Waals surface area contributed by atoms with Crippen LogP contribution in [-0.2, 0) is 0 Å². The number of nitrogens with two attached hydrogens (primary N) is 1. The van der Waals surface area contributed by atoms with E-state index in [1.807, 2.05) is 0 Å². The quantitative estimate of drug-likeness (QED) is 0.730. The zero-order chi connectivity index (χ0) is 10.1. The molecule has 0 bridgehead atoms. The van der Waals surface area contributed by atoms with Gasteiger partial charge in [-0.3, -0.25) is 4.90 Å². The number of nitrogens with zero attached hydrogens (tertiary/aromatic N) is 1. The van der Waals surface area contributed by atoms with Crippen LogP contribution >= 0.6 is 0 Å². The van der Waals surface area contributed by atoms with Gasteiger partial charge >= 0.3 is 0 Å². The van der Waals surface area contributed by atoms with E-state index in [1.165, 1.54) is 32.2 Å². The Balaban J connectivity index is 1.95. The smallest absolute Gasteiger partial charge is 0.0139 e. The molecule has 1 saturated carbocycles. The van der Waals surface area contributed by atoms with Crippen LogP contribution in [0, 0.1) is 11.8 Å². The summed E-state index contributed by atoms with van der Waals surface area (Å²) < 4.78 is 0. The van der Waals surface area contributed by atoms with Gasteiger partial charge in [0.05, 0.1) is 0 Å². The lowest BCUT2D eigenvalue weighted by Crippen LogP contribution is -2.56. The Morgan fingerprint density at radius 3 is 2.57 bits per heavy atom. The van der Waals surface area contributed by atoms with E-state index in [-0.39, 0.29) is 0 Å². The number of likely N-dealkylation sites (tertiary alicyclic amines) is 1. The molecule has 4 atom stereocenters. The Bertz CT molecular complexity index is 191. The highest BCUT2D eigenvalue weighted by Crippen LogP contribution is 2.36. The molecular formula is C12H24N2. The first-order chi connectivity index (χ1) is 6.74. The van der Waals surface area contributed by atoms with Crippen molar-refractivity contribution in [2.24, 2.45) is 17.6 Å². The summed E-state index contributed by atoms with van der Waals surface area (Å²) in [6.45, 7) is 7.00. The van der Waals surface area contributed by atoms with E-state index in [2.05, 4.69) is 18.7 Å². The molecule has 0 aromatic rings. The van der Waals surface area contributed by atoms with E-state index in [9.17, 15) is 0 Å². The summed E-state index contributed by atoms with van der Waals surface area (Å²) in [6.07, 6.45) is 5.55. The summed E-state index contributed by atoms with van der Waals surface area (Å²) in [6, 6.07) is 1.60. The first kappa shape index (κ1) is 10.4. The van der Waals surface area contributed by atoms with E-state index in [1.54, 1.807) is 0 Å². The van der Waals surface area contributed by atoms with Crippen LogP contribution in [-0.4, -0.2) is 30.1 Å². The lowest BCUT2D eigenvalue weighted by Gasteiger charge is -2.50. The molecule has 0 radical (unpaired) electrons. The molecule has 4 unspecified atom stereocenters. The molecule has 2 heteroatoms. The monoisotopic (exact) mass is 196 g/mol. The molecule has 2 nitrogen and oxygen atoms in total. The standard InChI is InChI=1S/C12H24N2/c1-9-4-3-7-14(10(9)2)12-6-5-11(12)8-13/h9-12H,3-8,13H2,1-2H3. The van der Waals surface area contributed by atoms with Crippen LogP contribution in [0.1, 0.15) is 39.5 Å². The molecule has 0 spiro atoms. The van der Waals surface area contributed by atoms with Gasteiger partial charge in [0.2, 0.25) is 0 Å². The van der Waals surface area contributed by atoms with Crippen LogP contribution in [0.25, 0.3) is 0 Å². The van der Waals surface area contributed by atoms with E-state index >= 15 is 0 Å². The normalized spacial score (nSPS) is 44.8. The zero-order valence-electron chi connectivity index (χ0n) is 9.58. The summed E-state index contributed by atoms with van der Waals surface area (Å²) in [5.41, 5.74) is 5.78. The maximum Gasteiger partial charge on any atom is 0.0139 e. The summed E-state index contributed by atoms with van der Waals surface area (Å²) in [5, 5.41) is 0. The molecule has 14 heavy (non-hydrogen) atoms. The molecule has 0 aromatic carbocycles. The highest BCUT2D eigenvalue weighted by atomic mass is 15.2. The van der Waals surface area contributed by atoms with Crippen molar-refractivity contribution < 1.29 is 0 Å². The molecule has 2 N–H and O–H groups in total. The predicted molar refractivity (Wildman–Crippen MR) is 60.1 cm³/mol. The van der Waals surface area contributed by atoms with Gasteiger partial charge < -0.3 is 5.73 Å². The fraction of sp³-hybridized carbons (Fsp3) is 1.00. The Hall–Kier alpha value is -0.0800. The van der Waals surface area contributed by atoms with Crippen LogP contribution in [0.5, 0.6) is 0 Å². The Morgan fingerprint density at radius 2 is 2.00 bits per heavy atom. The van der Waals surface area contributed by atoms with Crippen molar-refractivity contribution in [1.29, 1.82) is 0 Å². The van der Waals surface area contributed by atoms with E-state index in [0.717, 1.165) is 30.5 Å². The Labute approximate surface area is 87.8 Å². The first-order valence-corrected chi connectivity index (χ1v) is 6.20. The zero-order valence-corrected chi connectivity index (χ0v) is 9.58. The molecule has 1 aliphatic heterocycles. The van der Waals surface area contributed by atoms with Gasteiger partial charge in [-0.05, 0) is 57.5 Å². The highest BCUT2D eigenvalue weighted by Gasteiger charge is 2.38. The average Bonchev–Trinajstić information content (AvgIpc) is 2.12. The van der Waals surface area contributed by atoms with Crippen LogP contribution < -0.4 is 5.73 Å². The lowest BCUT2D eigenvalue weighted by molar-refractivity contribution is -0.00385. The highest BCUT2D eigenvalue weighted by molar-refractivity contribution is 4.93. The van der Waals surface area contributed by atoms with Gasteiger partial charge in [0.25, 0.3) is 0 Å². The van der Waals surface area contributed by atoms with E-state index in [4.69, 9.17) is 5.73 Å². The molecule has 1 aliphatic carbocycles. The molecule has 0 amide bonds. The second-order valence-electron chi connectivity index (χ2n) is 5.24. The minimum absolute atomic E-state index is 0.781. The van der Waals surface area contributed by atoms with E-state index < -0.39 is 0 Å². The third-order valence-electron chi connectivity index (χ3n) is 4.53. The number of hydrogen-bond acceptors (Lipinski definition) is 2. The number of rotatable bonds is 2. The van der Waals surface area contributed by atoms with Crippen molar-refractivity contribution in [3.63, 3.8) is 0 Å². The molecule has 2 rings (SSSR count). The summed E-state index contributed by atoms with van der Waals surface area (Å²) in [4.78, 5) is 2.73. The Morgan fingerprint density at radius 1 is 1.21 bits per heavy atom. The van der Waals surface area contributed by atoms with Gasteiger partial charge in [-0.1, -0.05) is 6.92 Å². The largest absolute Gasteiger partial charge is 0.330 e. The molecule has 2 aliphatic rings. The maximum absolute atomic E-state index is 5.78. The van der Waals surface area contributed by atoms with Crippen LogP contribution in [0.2, 0.25) is 0 Å². The van der Waals surface area contributed by atoms with Gasteiger partial charge in [-0.15, -0.1) is 0 Å². The van der Waals surface area contributed by atoms with Crippen molar-refractivity contribution in [3.05, 3.63) is 0 Å². The van der Waals surface area contributed by atoms with Crippen LogP contribution in [0.3, 0.4) is 0 Å². The third-order valence-corrected chi connectivity index (χ3v) is 4.53. The average molecular weight is 196 g/mol. The molecule has 1 saturated heterocycles. The van der Waals surface area contributed by atoms with Crippen molar-refractivity contribution in [2.75, 3.05) is 13.1 Å². The number of hydrogen-bond donors (Lipinski definition) is 1. The first-order valence-electron chi connectivity index (χ1n) is 6.20. The number of piperidine rings is 1. The Kier molecular flexibility index (Phi) is 3.13. The van der Waals surface area contributed by atoms with Crippen molar-refractivity contribution in [1.82, 2.24) is 4.90 Å². The molecule has 82 valence electrons. The van der Waals surface area contributed by atoms with Gasteiger partial charge in [0, 0.05) is 12.1 Å². The third kappa shape index (κ3) is 1.70. The topological polar surface area (TPSA) is 29.3 Å². The van der Waals surface area contributed by atoms with Crippen molar-refractivity contribution in [2.45, 2.75) is 51.6 Å². The fourth-order valence-electron chi connectivity index (χ4n) is 3.10. The maximum atomic E-state index is 5.78. The lowest BCUT2D eigenvalue weighted by atomic mass is 9.76. The predicted octanol–water partition coefficient (Wildman–Crippen LogP) is 1.84. The summed E-state index contributed by atoms with van der Waals surface area (Å²) in [5.74, 6) is 1.67. The summed E-state index contributed by atoms with van der Waals surface area (Å²) in [7, 11) is 0. The molecule has 1 heterocycles. The molecule has 2 fully saturated rings. The van der Waals surface area contributed by atoms with Gasteiger partial charge in [0.15, 0.2) is 0 Å². The van der Waals surface area contributed by atoms with Gasteiger partial charge in [0.1, 0.15) is 0 Å². The van der Waals surface area contributed by atoms with Crippen LogP contribution in [0.15, 0.2) is 0 Å². The van der Waals surface area contributed by atoms with Gasteiger partial charge in [-0.25, -0.2) is 0 Å². The minimum Gasteiger partial charge on any atom is -0.330 e. The van der Waals surface area contributed by atoms with Crippen molar-refractivity contribution >= 4 is 0 Å². The van der Waals surface area contributed by atoms with E-state index in [0.29, 0.717) is 0 Å². The second-order valence-corrected chi connectivity index (χ2v) is 5.24. The van der Waals surface area contributed by atoms with Crippen molar-refractivity contribution in [3.8, 4) is 0 Å². The fourth-order valence-corrected chi connectivity index (χ4v) is 3.10. The molecule has 0 aromatic heterocycles. The second kappa shape index (κ2) is 4.19. The minimum atomic E-state index is 0.781. The SMILES string of the molecule is CC1CCCN(C2CCC2CN)C1C. The van der Waals surface area contributed by atoms with Gasteiger partial charge in [-0.2, -0.15) is 0 Å². The van der Waals surface area contributed by atoms with Crippen LogP contribution in [0.4, 0.5) is 0 Å².